The standard InChI is InChI=1S/C26H21ClN4O3S/c27-19-13-18(11-12-22(19)35-30-25(33)17-5-2-1-3-6-17)24(32)29-21-8-4-7-20-23(21)26(34)31(15-28-20)14-16-9-10-16/h1-8,11-13,15-16H,9-10,14H2,(H,29,32)(H,30,33). The van der Waals surface area contributed by atoms with E-state index in [1.165, 1.54) is 6.07 Å². The number of hydrogen-bond acceptors (Lipinski definition) is 5. The molecule has 0 spiro atoms. The lowest BCUT2D eigenvalue weighted by Crippen LogP contribution is -2.23. The predicted octanol–water partition coefficient (Wildman–Crippen LogP) is 5.15. The molecular formula is C26H21ClN4O3S. The van der Waals surface area contributed by atoms with Gasteiger partial charge in [0, 0.05) is 22.6 Å². The molecule has 0 aliphatic heterocycles. The van der Waals surface area contributed by atoms with Crippen LogP contribution in [0.15, 0.2) is 82.7 Å². The molecule has 1 aliphatic rings. The van der Waals surface area contributed by atoms with E-state index in [2.05, 4.69) is 15.0 Å². The average molecular weight is 505 g/mol. The average Bonchev–Trinajstić information content (AvgIpc) is 3.69. The summed E-state index contributed by atoms with van der Waals surface area (Å²) in [6.07, 6.45) is 3.81. The SMILES string of the molecule is O=C(NSc1ccc(C(=O)Nc2cccc3ncn(CC4CC4)c(=O)c23)cc1Cl)c1ccccc1. The molecule has 7 nitrogen and oxygen atoms in total. The number of anilines is 1. The first-order valence-electron chi connectivity index (χ1n) is 11.1. The maximum Gasteiger partial charge on any atom is 0.263 e. The topological polar surface area (TPSA) is 93.1 Å². The minimum absolute atomic E-state index is 0.170. The maximum absolute atomic E-state index is 13.1. The molecule has 2 amide bonds. The summed E-state index contributed by atoms with van der Waals surface area (Å²) in [6.45, 7) is 0.638. The molecule has 0 atom stereocenters. The van der Waals surface area contributed by atoms with Gasteiger partial charge >= 0.3 is 0 Å². The van der Waals surface area contributed by atoms with Gasteiger partial charge in [0.15, 0.2) is 0 Å². The van der Waals surface area contributed by atoms with Crippen LogP contribution in [0.3, 0.4) is 0 Å². The summed E-state index contributed by atoms with van der Waals surface area (Å²) >= 11 is 7.46. The first kappa shape index (κ1) is 23.1. The second-order valence-electron chi connectivity index (χ2n) is 8.34. The number of fused-ring (bicyclic) bond motifs is 1. The Balaban J connectivity index is 1.32. The quantitative estimate of drug-likeness (QED) is 0.339. The molecule has 176 valence electrons. The van der Waals surface area contributed by atoms with Crippen molar-refractivity contribution in [2.24, 2.45) is 5.92 Å². The predicted molar refractivity (Wildman–Crippen MR) is 138 cm³/mol. The minimum atomic E-state index is -0.402. The molecule has 2 N–H and O–H groups in total. The Morgan fingerprint density at radius 2 is 1.80 bits per heavy atom. The molecule has 5 rings (SSSR count). The van der Waals surface area contributed by atoms with Crippen molar-refractivity contribution in [3.63, 3.8) is 0 Å². The van der Waals surface area contributed by atoms with Crippen molar-refractivity contribution >= 4 is 52.0 Å². The molecule has 0 radical (unpaired) electrons. The molecule has 1 saturated carbocycles. The number of benzene rings is 3. The lowest BCUT2D eigenvalue weighted by atomic mass is 10.1. The van der Waals surface area contributed by atoms with E-state index in [4.69, 9.17) is 11.6 Å². The van der Waals surface area contributed by atoms with Crippen LogP contribution in [0.4, 0.5) is 5.69 Å². The molecule has 1 aliphatic carbocycles. The van der Waals surface area contributed by atoms with Gasteiger partial charge in [-0.2, -0.15) is 0 Å². The van der Waals surface area contributed by atoms with Crippen LogP contribution in [0.2, 0.25) is 5.02 Å². The highest BCUT2D eigenvalue weighted by Crippen LogP contribution is 2.30. The number of halogens is 1. The van der Waals surface area contributed by atoms with E-state index in [1.54, 1.807) is 65.5 Å². The van der Waals surface area contributed by atoms with Crippen LogP contribution in [0, 0.1) is 5.92 Å². The molecule has 1 fully saturated rings. The third kappa shape index (κ3) is 5.23. The van der Waals surface area contributed by atoms with Crippen molar-refractivity contribution in [1.82, 2.24) is 14.3 Å². The van der Waals surface area contributed by atoms with E-state index < -0.39 is 5.91 Å². The van der Waals surface area contributed by atoms with Gasteiger partial charge in [0.05, 0.1) is 27.9 Å². The van der Waals surface area contributed by atoms with E-state index in [0.717, 1.165) is 24.8 Å². The number of rotatable bonds is 7. The van der Waals surface area contributed by atoms with Gasteiger partial charge in [0.2, 0.25) is 0 Å². The first-order valence-corrected chi connectivity index (χ1v) is 12.3. The number of nitrogens with zero attached hydrogens (tertiary/aromatic N) is 2. The van der Waals surface area contributed by atoms with Gasteiger partial charge in [-0.25, -0.2) is 4.98 Å². The Morgan fingerprint density at radius 3 is 2.54 bits per heavy atom. The van der Waals surface area contributed by atoms with Crippen molar-refractivity contribution < 1.29 is 9.59 Å². The summed E-state index contributed by atoms with van der Waals surface area (Å²) in [5.41, 5.74) is 1.62. The molecular weight excluding hydrogens is 484 g/mol. The van der Waals surface area contributed by atoms with Crippen molar-refractivity contribution in [3.8, 4) is 0 Å². The zero-order valence-corrected chi connectivity index (χ0v) is 20.1. The Bertz CT molecular complexity index is 1490. The fraction of sp³-hybridized carbons (Fsp3) is 0.154. The number of nitrogens with one attached hydrogen (secondary N) is 2. The maximum atomic E-state index is 13.1. The van der Waals surface area contributed by atoms with E-state index in [1.807, 2.05) is 6.07 Å². The Kier molecular flexibility index (Phi) is 6.57. The smallest absolute Gasteiger partial charge is 0.263 e. The van der Waals surface area contributed by atoms with Gasteiger partial charge in [-0.15, -0.1) is 0 Å². The van der Waals surface area contributed by atoms with Gasteiger partial charge in [0.1, 0.15) is 0 Å². The third-order valence-corrected chi connectivity index (χ3v) is 7.03. The van der Waals surface area contributed by atoms with Crippen molar-refractivity contribution in [3.05, 3.63) is 99.6 Å². The second kappa shape index (κ2) is 9.93. The van der Waals surface area contributed by atoms with Crippen molar-refractivity contribution in [2.75, 3.05) is 5.32 Å². The van der Waals surface area contributed by atoms with Gasteiger partial charge in [-0.05, 0) is 73.2 Å². The number of amides is 2. The van der Waals surface area contributed by atoms with Crippen molar-refractivity contribution in [2.45, 2.75) is 24.3 Å². The minimum Gasteiger partial charge on any atom is -0.321 e. The molecule has 3 aromatic carbocycles. The first-order chi connectivity index (χ1) is 17.0. The lowest BCUT2D eigenvalue weighted by Gasteiger charge is -2.11. The fourth-order valence-corrected chi connectivity index (χ4v) is 4.59. The summed E-state index contributed by atoms with van der Waals surface area (Å²) in [7, 11) is 0. The highest BCUT2D eigenvalue weighted by Gasteiger charge is 2.23. The van der Waals surface area contributed by atoms with E-state index >= 15 is 0 Å². The van der Waals surface area contributed by atoms with Crippen LogP contribution in [0.5, 0.6) is 0 Å². The van der Waals surface area contributed by atoms with Gasteiger partial charge in [0.25, 0.3) is 17.4 Å². The zero-order chi connectivity index (χ0) is 24.4. The molecule has 0 saturated heterocycles. The van der Waals surface area contributed by atoms with Crippen LogP contribution in [-0.2, 0) is 6.54 Å². The lowest BCUT2D eigenvalue weighted by molar-refractivity contribution is 0.0982. The summed E-state index contributed by atoms with van der Waals surface area (Å²) in [5, 5.41) is 3.53. The summed E-state index contributed by atoms with van der Waals surface area (Å²) in [4.78, 5) is 43.3. The molecule has 0 bridgehead atoms. The fourth-order valence-electron chi connectivity index (χ4n) is 3.68. The Morgan fingerprint density at radius 1 is 1.00 bits per heavy atom. The van der Waals surface area contributed by atoms with Crippen LogP contribution >= 0.6 is 23.5 Å². The van der Waals surface area contributed by atoms with Gasteiger partial charge in [-0.3, -0.25) is 23.7 Å². The van der Waals surface area contributed by atoms with Gasteiger partial charge < -0.3 is 5.32 Å². The number of aromatic nitrogens is 2. The molecule has 9 heteroatoms. The highest BCUT2D eigenvalue weighted by molar-refractivity contribution is 7.98. The number of carbonyl (C=O) groups is 2. The highest BCUT2D eigenvalue weighted by atomic mass is 35.5. The summed E-state index contributed by atoms with van der Waals surface area (Å²) in [5.74, 6) is -0.128. The van der Waals surface area contributed by atoms with E-state index in [0.29, 0.717) is 50.1 Å². The normalized spacial score (nSPS) is 12.9. The van der Waals surface area contributed by atoms with Crippen LogP contribution in [0.1, 0.15) is 33.6 Å². The Labute approximate surface area is 210 Å². The van der Waals surface area contributed by atoms with Crippen LogP contribution in [0.25, 0.3) is 10.9 Å². The Hall–Kier alpha value is -3.62. The van der Waals surface area contributed by atoms with Gasteiger partial charge in [-0.1, -0.05) is 35.9 Å². The van der Waals surface area contributed by atoms with Crippen LogP contribution in [-0.4, -0.2) is 21.4 Å². The molecule has 4 aromatic rings. The third-order valence-electron chi connectivity index (χ3n) is 5.74. The molecule has 1 aromatic heterocycles. The van der Waals surface area contributed by atoms with Crippen molar-refractivity contribution in [1.29, 1.82) is 0 Å². The summed E-state index contributed by atoms with van der Waals surface area (Å²) in [6, 6.07) is 18.8. The number of carbonyl (C=O) groups excluding carboxylic acids is 2. The monoisotopic (exact) mass is 504 g/mol. The van der Waals surface area contributed by atoms with E-state index in [9.17, 15) is 14.4 Å². The summed E-state index contributed by atoms with van der Waals surface area (Å²) < 4.78 is 4.36. The second-order valence-corrected chi connectivity index (χ2v) is 9.60. The van der Waals surface area contributed by atoms with Crippen LogP contribution < -0.4 is 15.6 Å². The molecule has 1 heterocycles. The molecule has 0 unspecified atom stereocenters. The molecule has 35 heavy (non-hydrogen) atoms. The number of hydrogen-bond donors (Lipinski definition) is 2. The zero-order valence-electron chi connectivity index (χ0n) is 18.5. The largest absolute Gasteiger partial charge is 0.321 e. The van der Waals surface area contributed by atoms with E-state index in [-0.39, 0.29) is 11.5 Å².